The number of aromatic nitrogens is 1. The summed E-state index contributed by atoms with van der Waals surface area (Å²) < 4.78 is 38.4. The maximum atomic E-state index is 13.7. The van der Waals surface area contributed by atoms with E-state index >= 15 is 0 Å². The summed E-state index contributed by atoms with van der Waals surface area (Å²) >= 11 is 5.91. The van der Waals surface area contributed by atoms with E-state index in [1.165, 1.54) is 16.4 Å². The maximum absolute atomic E-state index is 13.7. The molecule has 2 aliphatic heterocycles. The molecule has 0 saturated carbocycles. The van der Waals surface area contributed by atoms with Crippen LogP contribution in [0.5, 0.6) is 11.5 Å². The molecule has 0 spiro atoms. The number of rotatable bonds is 4. The summed E-state index contributed by atoms with van der Waals surface area (Å²) in [6.45, 7) is 1.14. The van der Waals surface area contributed by atoms with E-state index in [-0.39, 0.29) is 43.8 Å². The summed E-state index contributed by atoms with van der Waals surface area (Å²) in [5.74, 6) is 1.15. The van der Waals surface area contributed by atoms with Crippen LogP contribution >= 0.6 is 11.6 Å². The highest BCUT2D eigenvalue weighted by Gasteiger charge is 2.31. The average molecular weight is 536 g/mol. The van der Waals surface area contributed by atoms with E-state index < -0.39 is 10.0 Å². The minimum atomic E-state index is -3.67. The molecule has 1 amide bonds. The van der Waals surface area contributed by atoms with Crippen molar-refractivity contribution >= 4 is 38.4 Å². The molecule has 0 bridgehead atoms. The third-order valence-electron chi connectivity index (χ3n) is 6.59. The summed E-state index contributed by atoms with van der Waals surface area (Å²) in [5.41, 5.74) is 2.67. The normalized spacial score (nSPS) is 15.8. The molecule has 10 heteroatoms. The van der Waals surface area contributed by atoms with Crippen molar-refractivity contribution in [2.75, 3.05) is 33.0 Å². The van der Waals surface area contributed by atoms with Crippen molar-refractivity contribution in [2.24, 2.45) is 0 Å². The van der Waals surface area contributed by atoms with Gasteiger partial charge in [0.15, 0.2) is 11.5 Å². The molecule has 6 rings (SSSR count). The van der Waals surface area contributed by atoms with Crippen LogP contribution in [0.2, 0.25) is 5.02 Å². The lowest BCUT2D eigenvalue weighted by Crippen LogP contribution is -2.50. The Hall–Kier alpha value is -3.66. The van der Waals surface area contributed by atoms with E-state index in [9.17, 15) is 13.2 Å². The van der Waals surface area contributed by atoms with Crippen molar-refractivity contribution in [3.8, 4) is 22.8 Å². The minimum absolute atomic E-state index is 0.163. The van der Waals surface area contributed by atoms with Crippen LogP contribution in [0.1, 0.15) is 10.4 Å². The Kier molecular flexibility index (Phi) is 5.98. The molecule has 188 valence electrons. The van der Waals surface area contributed by atoms with Crippen LogP contribution in [0.4, 0.5) is 0 Å². The van der Waals surface area contributed by atoms with Gasteiger partial charge < -0.3 is 14.4 Å². The summed E-state index contributed by atoms with van der Waals surface area (Å²) in [4.78, 5) is 20.4. The number of halogens is 1. The third kappa shape index (κ3) is 4.39. The highest BCUT2D eigenvalue weighted by molar-refractivity contribution is 7.89. The number of carbonyl (C=O) groups is 1. The van der Waals surface area contributed by atoms with Crippen molar-refractivity contribution in [2.45, 2.75) is 4.90 Å². The highest BCUT2D eigenvalue weighted by Crippen LogP contribution is 2.36. The molecule has 2 aliphatic rings. The predicted octanol–water partition coefficient (Wildman–Crippen LogP) is 4.43. The zero-order valence-corrected chi connectivity index (χ0v) is 21.2. The number of hydrogen-bond donors (Lipinski definition) is 0. The lowest BCUT2D eigenvalue weighted by Gasteiger charge is -2.34. The second-order valence-corrected chi connectivity index (χ2v) is 11.2. The minimum Gasteiger partial charge on any atom is -0.454 e. The molecular weight excluding hydrogens is 514 g/mol. The maximum Gasteiger partial charge on any atom is 0.254 e. The number of carbonyl (C=O) groups excluding carboxylic acids is 1. The van der Waals surface area contributed by atoms with E-state index in [0.717, 1.165) is 10.9 Å². The fourth-order valence-electron chi connectivity index (χ4n) is 4.61. The van der Waals surface area contributed by atoms with Crippen molar-refractivity contribution in [3.05, 3.63) is 83.4 Å². The fourth-order valence-corrected chi connectivity index (χ4v) is 6.16. The van der Waals surface area contributed by atoms with Gasteiger partial charge in [-0.05, 0) is 54.6 Å². The van der Waals surface area contributed by atoms with Crippen molar-refractivity contribution in [3.63, 3.8) is 0 Å². The van der Waals surface area contributed by atoms with Gasteiger partial charge in [-0.15, -0.1) is 0 Å². The summed E-state index contributed by atoms with van der Waals surface area (Å²) in [6.07, 6.45) is 0. The van der Waals surface area contributed by atoms with Crippen LogP contribution in [-0.2, 0) is 10.0 Å². The van der Waals surface area contributed by atoms with Gasteiger partial charge in [0, 0.05) is 42.2 Å². The zero-order valence-electron chi connectivity index (χ0n) is 19.6. The molecule has 3 heterocycles. The number of fused-ring (bicyclic) bond motifs is 2. The lowest BCUT2D eigenvalue weighted by molar-refractivity contribution is 0.0700. The average Bonchev–Trinajstić information content (AvgIpc) is 3.40. The lowest BCUT2D eigenvalue weighted by atomic mass is 10.0. The SMILES string of the molecule is O=C(c1cc(-c2ccc3c(c2)OCO3)nc2ccccc12)N1CCN(S(=O)(=O)c2ccc(Cl)cc2)CC1. The van der Waals surface area contributed by atoms with Gasteiger partial charge in [0.05, 0.1) is 21.7 Å². The fraction of sp³-hybridized carbons (Fsp3) is 0.185. The second kappa shape index (κ2) is 9.33. The molecule has 1 saturated heterocycles. The van der Waals surface area contributed by atoms with Gasteiger partial charge in [0.25, 0.3) is 5.91 Å². The molecule has 0 N–H and O–H groups in total. The Morgan fingerprint density at radius 2 is 1.59 bits per heavy atom. The molecule has 3 aromatic carbocycles. The van der Waals surface area contributed by atoms with E-state index in [2.05, 4.69) is 0 Å². The number of para-hydroxylation sites is 1. The Morgan fingerprint density at radius 1 is 0.865 bits per heavy atom. The number of sulfonamides is 1. The number of piperazine rings is 1. The standard InChI is InChI=1S/C27H22ClN3O5S/c28-19-6-8-20(9-7-19)37(33,34)31-13-11-30(12-14-31)27(32)22-16-24(29-23-4-2-1-3-21(22)23)18-5-10-25-26(15-18)36-17-35-25/h1-10,15-16H,11-14,17H2. The monoisotopic (exact) mass is 535 g/mol. The number of hydrogen-bond acceptors (Lipinski definition) is 6. The topological polar surface area (TPSA) is 89.0 Å². The number of benzene rings is 3. The van der Waals surface area contributed by atoms with Crippen LogP contribution < -0.4 is 9.47 Å². The Bertz CT molecular complexity index is 1620. The Balaban J connectivity index is 1.28. The zero-order chi connectivity index (χ0) is 25.6. The summed E-state index contributed by atoms with van der Waals surface area (Å²) in [6, 6.07) is 21.0. The van der Waals surface area contributed by atoms with Gasteiger partial charge in [-0.25, -0.2) is 13.4 Å². The Labute approximate surface area is 219 Å². The van der Waals surface area contributed by atoms with Crippen LogP contribution in [0.25, 0.3) is 22.2 Å². The van der Waals surface area contributed by atoms with Gasteiger partial charge in [-0.3, -0.25) is 4.79 Å². The predicted molar refractivity (Wildman–Crippen MR) is 139 cm³/mol. The smallest absolute Gasteiger partial charge is 0.254 e. The van der Waals surface area contributed by atoms with E-state index in [1.807, 2.05) is 42.5 Å². The van der Waals surface area contributed by atoms with Crippen molar-refractivity contribution < 1.29 is 22.7 Å². The summed E-state index contributed by atoms with van der Waals surface area (Å²) in [7, 11) is -3.67. The highest BCUT2D eigenvalue weighted by atomic mass is 35.5. The van der Waals surface area contributed by atoms with Crippen molar-refractivity contribution in [1.82, 2.24) is 14.2 Å². The molecule has 4 aromatic rings. The van der Waals surface area contributed by atoms with Crippen molar-refractivity contribution in [1.29, 1.82) is 0 Å². The largest absolute Gasteiger partial charge is 0.454 e. The summed E-state index contributed by atoms with van der Waals surface area (Å²) in [5, 5.41) is 1.22. The van der Waals surface area contributed by atoms with E-state index in [4.69, 9.17) is 26.1 Å². The molecule has 0 unspecified atom stereocenters. The second-order valence-electron chi connectivity index (χ2n) is 8.79. The molecule has 37 heavy (non-hydrogen) atoms. The van der Waals surface area contributed by atoms with E-state index in [0.29, 0.717) is 33.3 Å². The molecule has 0 radical (unpaired) electrons. The first-order valence-electron chi connectivity index (χ1n) is 11.7. The molecule has 8 nitrogen and oxygen atoms in total. The van der Waals surface area contributed by atoms with Gasteiger partial charge in [-0.1, -0.05) is 29.8 Å². The first-order chi connectivity index (χ1) is 17.9. The third-order valence-corrected chi connectivity index (χ3v) is 8.76. The Morgan fingerprint density at radius 3 is 2.38 bits per heavy atom. The molecule has 0 atom stereocenters. The number of pyridine rings is 1. The number of amides is 1. The number of ether oxygens (including phenoxy) is 2. The first-order valence-corrected chi connectivity index (χ1v) is 13.6. The van der Waals surface area contributed by atoms with Crippen LogP contribution in [0, 0.1) is 0 Å². The van der Waals surface area contributed by atoms with E-state index in [1.54, 1.807) is 23.1 Å². The molecule has 0 aliphatic carbocycles. The quantitative estimate of drug-likeness (QED) is 0.384. The van der Waals surface area contributed by atoms with Gasteiger partial charge in [0.1, 0.15) is 0 Å². The number of nitrogens with zero attached hydrogens (tertiary/aromatic N) is 3. The molecule has 1 aromatic heterocycles. The molecular formula is C27H22ClN3O5S. The van der Waals surface area contributed by atoms with Gasteiger partial charge in [-0.2, -0.15) is 4.31 Å². The first kappa shape index (κ1) is 23.7. The van der Waals surface area contributed by atoms with Crippen LogP contribution in [-0.4, -0.2) is 61.5 Å². The van der Waals surface area contributed by atoms with Gasteiger partial charge >= 0.3 is 0 Å². The van der Waals surface area contributed by atoms with Crippen LogP contribution in [0.3, 0.4) is 0 Å². The van der Waals surface area contributed by atoms with Crippen LogP contribution in [0.15, 0.2) is 77.7 Å². The molecule has 1 fully saturated rings. The van der Waals surface area contributed by atoms with Gasteiger partial charge in [0.2, 0.25) is 16.8 Å².